The minimum absolute atomic E-state index is 0.109. The molecule has 0 aromatic carbocycles. The molecule has 1 heteroatoms. The SMILES string of the molecule is CCCC1CC(C(C)(C)C)C(C(C)(C)C)C1=O. The number of hydrogen-bond donors (Lipinski definition) is 0. The highest BCUT2D eigenvalue weighted by molar-refractivity contribution is 5.86. The van der Waals surface area contributed by atoms with Gasteiger partial charge in [-0.3, -0.25) is 4.79 Å². The Morgan fingerprint density at radius 3 is 1.88 bits per heavy atom. The number of Topliss-reactive ketones (excluding diaryl/α,β-unsaturated/α-hetero) is 1. The van der Waals surface area contributed by atoms with Crippen LogP contribution in [-0.2, 0) is 4.79 Å². The number of ketones is 1. The summed E-state index contributed by atoms with van der Waals surface area (Å²) in [5.41, 5.74) is 0.355. The third-order valence-electron chi connectivity index (χ3n) is 4.33. The average molecular weight is 238 g/mol. The normalized spacial score (nSPS) is 31.0. The number of rotatable bonds is 2. The van der Waals surface area contributed by atoms with Gasteiger partial charge in [0, 0.05) is 11.8 Å². The van der Waals surface area contributed by atoms with Gasteiger partial charge in [0.05, 0.1) is 0 Å². The van der Waals surface area contributed by atoms with E-state index in [0.29, 0.717) is 17.6 Å². The summed E-state index contributed by atoms with van der Waals surface area (Å²) in [5, 5.41) is 0. The predicted molar refractivity (Wildman–Crippen MR) is 73.9 cm³/mol. The van der Waals surface area contributed by atoms with Gasteiger partial charge in [0.25, 0.3) is 0 Å². The summed E-state index contributed by atoms with van der Waals surface area (Å²) in [6.07, 6.45) is 3.32. The van der Waals surface area contributed by atoms with E-state index < -0.39 is 0 Å². The van der Waals surface area contributed by atoms with Crippen LogP contribution in [0.4, 0.5) is 0 Å². The molecular formula is C16H30O. The van der Waals surface area contributed by atoms with E-state index in [-0.39, 0.29) is 16.7 Å². The fourth-order valence-electron chi connectivity index (χ4n) is 3.50. The van der Waals surface area contributed by atoms with E-state index in [1.807, 2.05) is 0 Å². The first-order valence-corrected chi connectivity index (χ1v) is 7.12. The molecule has 0 radical (unpaired) electrons. The molecule has 1 aliphatic rings. The molecule has 0 aromatic heterocycles. The van der Waals surface area contributed by atoms with Crippen molar-refractivity contribution < 1.29 is 4.79 Å². The van der Waals surface area contributed by atoms with Crippen LogP contribution in [0.3, 0.4) is 0 Å². The Labute approximate surface area is 107 Å². The van der Waals surface area contributed by atoms with Crippen molar-refractivity contribution in [3.05, 3.63) is 0 Å². The monoisotopic (exact) mass is 238 g/mol. The highest BCUT2D eigenvalue weighted by Gasteiger charge is 2.50. The van der Waals surface area contributed by atoms with E-state index in [4.69, 9.17) is 0 Å². The maximum Gasteiger partial charge on any atom is 0.139 e. The molecule has 100 valence electrons. The average Bonchev–Trinajstić information content (AvgIpc) is 2.43. The highest BCUT2D eigenvalue weighted by Crippen LogP contribution is 2.51. The fraction of sp³-hybridized carbons (Fsp3) is 0.938. The van der Waals surface area contributed by atoms with Crippen LogP contribution < -0.4 is 0 Å². The standard InChI is InChI=1S/C16H30O/c1-8-9-11-10-12(15(2,3)4)13(14(11)17)16(5,6)7/h11-13H,8-10H2,1-7H3. The second kappa shape index (κ2) is 4.74. The molecule has 0 aromatic rings. The maximum atomic E-state index is 12.6. The van der Waals surface area contributed by atoms with Crippen LogP contribution in [-0.4, -0.2) is 5.78 Å². The quantitative estimate of drug-likeness (QED) is 0.681. The third-order valence-corrected chi connectivity index (χ3v) is 4.33. The van der Waals surface area contributed by atoms with Crippen molar-refractivity contribution in [3.8, 4) is 0 Å². The van der Waals surface area contributed by atoms with E-state index in [1.54, 1.807) is 0 Å². The summed E-state index contributed by atoms with van der Waals surface area (Å²) in [4.78, 5) is 12.6. The molecule has 1 rings (SSSR count). The lowest BCUT2D eigenvalue weighted by molar-refractivity contribution is -0.128. The second-order valence-electron chi connectivity index (χ2n) is 7.94. The first kappa shape index (κ1) is 14.7. The van der Waals surface area contributed by atoms with Crippen molar-refractivity contribution in [1.82, 2.24) is 0 Å². The van der Waals surface area contributed by atoms with Crippen LogP contribution in [0.5, 0.6) is 0 Å². The van der Waals surface area contributed by atoms with Crippen molar-refractivity contribution in [2.75, 3.05) is 0 Å². The lowest BCUT2D eigenvalue weighted by Gasteiger charge is -2.38. The van der Waals surface area contributed by atoms with Gasteiger partial charge in [0.2, 0.25) is 0 Å². The third kappa shape index (κ3) is 3.11. The van der Waals surface area contributed by atoms with Gasteiger partial charge in [-0.25, -0.2) is 0 Å². The smallest absolute Gasteiger partial charge is 0.139 e. The molecule has 1 nitrogen and oxygen atoms in total. The Bertz CT molecular complexity index is 277. The van der Waals surface area contributed by atoms with Crippen molar-refractivity contribution in [3.63, 3.8) is 0 Å². The summed E-state index contributed by atoms with van der Waals surface area (Å²) in [7, 11) is 0. The molecule has 1 aliphatic carbocycles. The van der Waals surface area contributed by atoms with Gasteiger partial charge in [0.1, 0.15) is 5.78 Å². The first-order valence-electron chi connectivity index (χ1n) is 7.12. The zero-order valence-electron chi connectivity index (χ0n) is 12.8. The highest BCUT2D eigenvalue weighted by atomic mass is 16.1. The molecule has 0 spiro atoms. The van der Waals surface area contributed by atoms with E-state index in [2.05, 4.69) is 48.5 Å². The molecule has 1 fully saturated rings. The van der Waals surface area contributed by atoms with E-state index in [0.717, 1.165) is 19.3 Å². The molecular weight excluding hydrogens is 208 g/mol. The summed E-state index contributed by atoms with van der Waals surface area (Å²) in [5.74, 6) is 1.67. The van der Waals surface area contributed by atoms with Crippen molar-refractivity contribution >= 4 is 5.78 Å². The minimum Gasteiger partial charge on any atom is -0.299 e. The molecule has 0 N–H and O–H groups in total. The summed E-state index contributed by atoms with van der Waals surface area (Å²) < 4.78 is 0. The van der Waals surface area contributed by atoms with Crippen LogP contribution in [0.25, 0.3) is 0 Å². The molecule has 0 heterocycles. The van der Waals surface area contributed by atoms with Crippen LogP contribution in [0.2, 0.25) is 0 Å². The minimum atomic E-state index is 0.109. The van der Waals surface area contributed by atoms with Gasteiger partial charge >= 0.3 is 0 Å². The van der Waals surface area contributed by atoms with Crippen LogP contribution in [0.1, 0.15) is 67.7 Å². The van der Waals surface area contributed by atoms with Crippen LogP contribution >= 0.6 is 0 Å². The summed E-state index contributed by atoms with van der Waals surface area (Å²) in [6, 6.07) is 0. The maximum absolute atomic E-state index is 12.6. The predicted octanol–water partition coefficient (Wildman–Crippen LogP) is 4.70. The van der Waals surface area contributed by atoms with Crippen LogP contribution in [0.15, 0.2) is 0 Å². The van der Waals surface area contributed by atoms with Crippen molar-refractivity contribution in [2.24, 2.45) is 28.6 Å². The van der Waals surface area contributed by atoms with E-state index in [9.17, 15) is 4.79 Å². The Hall–Kier alpha value is -0.330. The van der Waals surface area contributed by atoms with E-state index >= 15 is 0 Å². The molecule has 0 aliphatic heterocycles. The van der Waals surface area contributed by atoms with Gasteiger partial charge in [0.15, 0.2) is 0 Å². The Balaban J connectivity index is 3.01. The zero-order valence-corrected chi connectivity index (χ0v) is 12.8. The molecule has 3 unspecified atom stereocenters. The van der Waals surface area contributed by atoms with Crippen LogP contribution in [0, 0.1) is 28.6 Å². The number of carbonyl (C=O) groups excluding carboxylic acids is 1. The summed E-state index contributed by atoms with van der Waals surface area (Å²) in [6.45, 7) is 15.7. The lowest BCUT2D eigenvalue weighted by Crippen LogP contribution is -2.36. The number of hydrogen-bond acceptors (Lipinski definition) is 1. The van der Waals surface area contributed by atoms with Gasteiger partial charge in [-0.05, 0) is 29.6 Å². The molecule has 0 bridgehead atoms. The van der Waals surface area contributed by atoms with E-state index in [1.165, 1.54) is 0 Å². The largest absolute Gasteiger partial charge is 0.299 e. The number of carbonyl (C=O) groups is 1. The summed E-state index contributed by atoms with van der Waals surface area (Å²) >= 11 is 0. The van der Waals surface area contributed by atoms with Gasteiger partial charge in [-0.1, -0.05) is 54.9 Å². The van der Waals surface area contributed by atoms with Gasteiger partial charge < -0.3 is 0 Å². The van der Waals surface area contributed by atoms with Gasteiger partial charge in [-0.2, -0.15) is 0 Å². The molecule has 3 atom stereocenters. The Kier molecular flexibility index (Phi) is 4.11. The van der Waals surface area contributed by atoms with Crippen molar-refractivity contribution in [1.29, 1.82) is 0 Å². The molecule has 0 amide bonds. The lowest BCUT2D eigenvalue weighted by atomic mass is 9.66. The molecule has 17 heavy (non-hydrogen) atoms. The topological polar surface area (TPSA) is 17.1 Å². The molecule has 1 saturated carbocycles. The zero-order chi connectivity index (χ0) is 13.4. The first-order chi connectivity index (χ1) is 7.59. The Morgan fingerprint density at radius 1 is 1.06 bits per heavy atom. The van der Waals surface area contributed by atoms with Gasteiger partial charge in [-0.15, -0.1) is 0 Å². The molecule has 0 saturated heterocycles. The van der Waals surface area contributed by atoms with Crippen molar-refractivity contribution in [2.45, 2.75) is 67.7 Å². The second-order valence-corrected chi connectivity index (χ2v) is 7.94. The Morgan fingerprint density at radius 2 is 1.59 bits per heavy atom. The fourth-order valence-corrected chi connectivity index (χ4v) is 3.50.